The molecule has 32 heavy (non-hydrogen) atoms. The van der Waals surface area contributed by atoms with Crippen LogP contribution < -0.4 is 10.0 Å². The summed E-state index contributed by atoms with van der Waals surface area (Å²) >= 11 is 0. The second-order valence-electron chi connectivity index (χ2n) is 7.83. The van der Waals surface area contributed by atoms with Gasteiger partial charge in [-0.2, -0.15) is 4.72 Å². The molecule has 0 spiro atoms. The molecule has 3 atom stereocenters. The Hall–Kier alpha value is -3.00. The van der Waals surface area contributed by atoms with Crippen LogP contribution in [0.25, 0.3) is 0 Å². The average molecular weight is 453 g/mol. The summed E-state index contributed by atoms with van der Waals surface area (Å²) in [4.78, 5) is 13.2. The van der Waals surface area contributed by atoms with E-state index in [1.54, 1.807) is 43.3 Å². The van der Waals surface area contributed by atoms with E-state index in [9.17, 15) is 18.3 Å². The minimum atomic E-state index is -3.92. The highest BCUT2D eigenvalue weighted by Gasteiger charge is 2.28. The molecule has 7 heteroatoms. The molecule has 3 N–H and O–H groups in total. The van der Waals surface area contributed by atoms with Gasteiger partial charge in [0, 0.05) is 0 Å². The Kier molecular flexibility index (Phi) is 7.80. The van der Waals surface area contributed by atoms with E-state index in [0.717, 1.165) is 11.1 Å². The zero-order valence-corrected chi connectivity index (χ0v) is 18.9. The summed E-state index contributed by atoms with van der Waals surface area (Å²) in [5.74, 6) is -0.507. The lowest BCUT2D eigenvalue weighted by Gasteiger charge is -2.24. The molecule has 0 saturated carbocycles. The van der Waals surface area contributed by atoms with Crippen LogP contribution in [0.4, 0.5) is 0 Å². The molecule has 0 aliphatic carbocycles. The number of nitrogens with one attached hydrogen (secondary N) is 2. The Morgan fingerprint density at radius 2 is 1.47 bits per heavy atom. The van der Waals surface area contributed by atoms with Gasteiger partial charge in [0.25, 0.3) is 0 Å². The van der Waals surface area contributed by atoms with Gasteiger partial charge in [-0.05, 0) is 43.5 Å². The van der Waals surface area contributed by atoms with Crippen molar-refractivity contribution < 1.29 is 18.3 Å². The Morgan fingerprint density at radius 1 is 0.906 bits per heavy atom. The van der Waals surface area contributed by atoms with Gasteiger partial charge < -0.3 is 10.4 Å². The highest BCUT2D eigenvalue weighted by atomic mass is 32.2. The van der Waals surface area contributed by atoms with Gasteiger partial charge in [-0.25, -0.2) is 8.42 Å². The maximum Gasteiger partial charge on any atom is 0.241 e. The second kappa shape index (κ2) is 10.5. The first-order valence-electron chi connectivity index (χ1n) is 10.4. The molecule has 6 nitrogen and oxygen atoms in total. The van der Waals surface area contributed by atoms with Crippen LogP contribution in [0, 0.1) is 6.92 Å². The zero-order valence-electron chi connectivity index (χ0n) is 18.1. The number of hydrogen-bond acceptors (Lipinski definition) is 4. The molecule has 0 heterocycles. The van der Waals surface area contributed by atoms with E-state index >= 15 is 0 Å². The zero-order chi connectivity index (χ0) is 23.1. The van der Waals surface area contributed by atoms with Crippen LogP contribution in [-0.4, -0.2) is 31.5 Å². The number of benzene rings is 3. The summed E-state index contributed by atoms with van der Waals surface area (Å²) < 4.78 is 28.4. The van der Waals surface area contributed by atoms with E-state index < -0.39 is 34.1 Å². The molecule has 3 aromatic carbocycles. The van der Waals surface area contributed by atoms with Crippen LogP contribution in [0.5, 0.6) is 0 Å². The summed E-state index contributed by atoms with van der Waals surface area (Å²) in [5.41, 5.74) is 2.42. The van der Waals surface area contributed by atoms with Gasteiger partial charge in [0.2, 0.25) is 15.9 Å². The fraction of sp³-hybridized carbons (Fsp3) is 0.240. The van der Waals surface area contributed by atoms with Crippen molar-refractivity contribution in [3.8, 4) is 0 Å². The van der Waals surface area contributed by atoms with Crippen molar-refractivity contribution in [3.63, 3.8) is 0 Å². The van der Waals surface area contributed by atoms with Gasteiger partial charge in [-0.15, -0.1) is 0 Å². The van der Waals surface area contributed by atoms with Gasteiger partial charge in [-0.3, -0.25) is 4.79 Å². The maximum atomic E-state index is 13.1. The second-order valence-corrected chi connectivity index (χ2v) is 9.54. The first-order valence-corrected chi connectivity index (χ1v) is 11.9. The van der Waals surface area contributed by atoms with E-state index in [1.807, 2.05) is 43.3 Å². The molecule has 1 amide bonds. The largest absolute Gasteiger partial charge is 0.386 e. The summed E-state index contributed by atoms with van der Waals surface area (Å²) in [6.07, 6.45) is -0.752. The van der Waals surface area contributed by atoms with Crippen molar-refractivity contribution in [2.75, 3.05) is 0 Å². The summed E-state index contributed by atoms with van der Waals surface area (Å²) in [6, 6.07) is 23.0. The molecule has 0 radical (unpaired) electrons. The molecule has 0 unspecified atom stereocenters. The monoisotopic (exact) mass is 452 g/mol. The molecule has 0 aliphatic heterocycles. The van der Waals surface area contributed by atoms with Crippen molar-refractivity contribution in [1.29, 1.82) is 0 Å². The Balaban J connectivity index is 1.80. The van der Waals surface area contributed by atoms with Crippen molar-refractivity contribution in [2.45, 2.75) is 43.4 Å². The van der Waals surface area contributed by atoms with E-state index in [0.29, 0.717) is 5.56 Å². The minimum absolute atomic E-state index is 0.0892. The summed E-state index contributed by atoms with van der Waals surface area (Å²) in [7, 11) is -3.92. The lowest BCUT2D eigenvalue weighted by Crippen LogP contribution is -2.51. The quantitative estimate of drug-likeness (QED) is 0.465. The molecule has 168 valence electrons. The molecule has 0 aromatic heterocycles. The number of hydrogen-bond donors (Lipinski definition) is 3. The Morgan fingerprint density at radius 3 is 2.06 bits per heavy atom. The molecule has 3 aromatic rings. The lowest BCUT2D eigenvalue weighted by molar-refractivity contribution is -0.124. The van der Waals surface area contributed by atoms with Crippen LogP contribution in [0.1, 0.15) is 29.7 Å². The maximum absolute atomic E-state index is 13.1. The number of aryl methyl sites for hydroxylation is 1. The van der Waals surface area contributed by atoms with Crippen LogP contribution in [-0.2, 0) is 21.2 Å². The topological polar surface area (TPSA) is 95.5 Å². The van der Waals surface area contributed by atoms with Crippen LogP contribution >= 0.6 is 0 Å². The predicted octanol–water partition coefficient (Wildman–Crippen LogP) is 3.12. The van der Waals surface area contributed by atoms with Gasteiger partial charge in [0.05, 0.1) is 17.0 Å². The highest BCUT2D eigenvalue weighted by molar-refractivity contribution is 7.89. The highest BCUT2D eigenvalue weighted by Crippen LogP contribution is 2.17. The third-order valence-electron chi connectivity index (χ3n) is 5.21. The first kappa shape index (κ1) is 23.7. The van der Waals surface area contributed by atoms with Crippen molar-refractivity contribution in [1.82, 2.24) is 10.0 Å². The molecular weight excluding hydrogens is 424 g/mol. The fourth-order valence-corrected chi connectivity index (χ4v) is 4.55. The first-order chi connectivity index (χ1) is 15.3. The third-order valence-corrected chi connectivity index (χ3v) is 6.70. The van der Waals surface area contributed by atoms with Crippen LogP contribution in [0.3, 0.4) is 0 Å². The number of carbonyl (C=O) groups is 1. The Labute approximate surface area is 189 Å². The number of rotatable bonds is 9. The van der Waals surface area contributed by atoms with Crippen molar-refractivity contribution >= 4 is 15.9 Å². The van der Waals surface area contributed by atoms with Crippen LogP contribution in [0.15, 0.2) is 89.8 Å². The molecule has 0 saturated heterocycles. The van der Waals surface area contributed by atoms with Crippen LogP contribution in [0.2, 0.25) is 0 Å². The fourth-order valence-electron chi connectivity index (χ4n) is 3.35. The van der Waals surface area contributed by atoms with Gasteiger partial charge >= 0.3 is 0 Å². The number of aliphatic hydroxyl groups excluding tert-OH is 1. The van der Waals surface area contributed by atoms with Gasteiger partial charge in [0.15, 0.2) is 0 Å². The molecule has 0 aliphatic rings. The normalized spacial score (nSPS) is 14.3. The molecule has 0 fully saturated rings. The van der Waals surface area contributed by atoms with Crippen molar-refractivity contribution in [3.05, 3.63) is 102 Å². The minimum Gasteiger partial charge on any atom is -0.386 e. The Bertz CT molecular complexity index is 1120. The third kappa shape index (κ3) is 6.26. The van der Waals surface area contributed by atoms with Gasteiger partial charge in [0.1, 0.15) is 6.04 Å². The number of sulfonamides is 1. The molecule has 3 rings (SSSR count). The number of carbonyl (C=O) groups excluding carboxylic acids is 1. The van der Waals surface area contributed by atoms with E-state index in [4.69, 9.17) is 0 Å². The predicted molar refractivity (Wildman–Crippen MR) is 124 cm³/mol. The van der Waals surface area contributed by atoms with Gasteiger partial charge in [-0.1, -0.05) is 78.4 Å². The summed E-state index contributed by atoms with van der Waals surface area (Å²) in [6.45, 7) is 3.55. The summed E-state index contributed by atoms with van der Waals surface area (Å²) in [5, 5.41) is 13.4. The number of aliphatic hydroxyl groups is 1. The molecule has 0 bridgehead atoms. The number of amides is 1. The molecular formula is C25H28N2O4S. The van der Waals surface area contributed by atoms with E-state index in [1.165, 1.54) is 12.1 Å². The van der Waals surface area contributed by atoms with E-state index in [2.05, 4.69) is 10.0 Å². The SMILES string of the molecule is Cc1ccc(S(=O)(=O)N[C@@H](Cc2ccccc2)C(=O)N[C@@H](C)[C@H](O)c2ccccc2)cc1. The van der Waals surface area contributed by atoms with E-state index in [-0.39, 0.29) is 11.3 Å². The average Bonchev–Trinajstić information content (AvgIpc) is 2.79. The smallest absolute Gasteiger partial charge is 0.241 e. The lowest BCUT2D eigenvalue weighted by atomic mass is 10.0. The standard InChI is InChI=1S/C25H28N2O4S/c1-18-13-15-22(16-14-18)32(30,31)27-23(17-20-9-5-3-6-10-20)25(29)26-19(2)24(28)21-11-7-4-8-12-21/h3-16,19,23-24,27-28H,17H2,1-2H3,(H,26,29)/t19-,23-,24-/m0/s1. The van der Waals surface area contributed by atoms with Crippen molar-refractivity contribution in [2.24, 2.45) is 0 Å².